The number of nitrogens with one attached hydrogen (secondary N) is 1. The molecule has 0 unspecified atom stereocenters. The molecule has 156 valence electrons. The summed E-state index contributed by atoms with van der Waals surface area (Å²) in [6.07, 6.45) is 0. The van der Waals surface area contributed by atoms with Gasteiger partial charge < -0.3 is 10.1 Å². The van der Waals surface area contributed by atoms with E-state index in [0.29, 0.717) is 5.69 Å². The maximum Gasteiger partial charge on any atom is 0.255 e. The van der Waals surface area contributed by atoms with E-state index in [4.69, 9.17) is 4.74 Å². The number of rotatable bonds is 7. The molecule has 3 rings (SSSR count). The molecular formula is C22H22N2O4S2. The number of hydrogen-bond acceptors (Lipinski definition) is 5. The van der Waals surface area contributed by atoms with Crippen molar-refractivity contribution in [3.8, 4) is 5.75 Å². The Morgan fingerprint density at radius 2 is 1.63 bits per heavy atom. The zero-order valence-electron chi connectivity index (χ0n) is 16.8. The van der Waals surface area contributed by atoms with E-state index in [1.807, 2.05) is 54.6 Å². The van der Waals surface area contributed by atoms with E-state index < -0.39 is 15.9 Å². The lowest BCUT2D eigenvalue weighted by Gasteiger charge is -2.16. The number of benzene rings is 3. The van der Waals surface area contributed by atoms with Gasteiger partial charge in [-0.1, -0.05) is 42.1 Å². The first-order valence-corrected chi connectivity index (χ1v) is 11.3. The molecule has 0 saturated carbocycles. The number of nitrogens with zero attached hydrogens (tertiary/aromatic N) is 1. The van der Waals surface area contributed by atoms with Gasteiger partial charge in [0.15, 0.2) is 0 Å². The average molecular weight is 443 g/mol. The Morgan fingerprint density at radius 1 is 0.967 bits per heavy atom. The van der Waals surface area contributed by atoms with Crippen LogP contribution < -0.4 is 10.1 Å². The molecule has 0 atom stereocenters. The molecule has 1 N–H and O–H groups in total. The summed E-state index contributed by atoms with van der Waals surface area (Å²) in [6, 6.07) is 21.6. The van der Waals surface area contributed by atoms with Crippen molar-refractivity contribution < 1.29 is 17.9 Å². The summed E-state index contributed by atoms with van der Waals surface area (Å²) < 4.78 is 31.5. The fraction of sp³-hybridized carbons (Fsp3) is 0.136. The normalized spacial score (nSPS) is 11.3. The lowest BCUT2D eigenvalue weighted by atomic mass is 10.2. The van der Waals surface area contributed by atoms with Crippen LogP contribution in [0.1, 0.15) is 10.4 Å². The van der Waals surface area contributed by atoms with Gasteiger partial charge in [-0.25, -0.2) is 12.7 Å². The summed E-state index contributed by atoms with van der Waals surface area (Å²) in [7, 11) is 0.475. The minimum Gasteiger partial charge on any atom is -0.495 e. The Bertz CT molecular complexity index is 1150. The highest BCUT2D eigenvalue weighted by atomic mass is 32.2. The van der Waals surface area contributed by atoms with E-state index in [1.165, 1.54) is 51.2 Å². The fourth-order valence-corrected chi connectivity index (χ4v) is 4.68. The second-order valence-electron chi connectivity index (χ2n) is 6.52. The van der Waals surface area contributed by atoms with Gasteiger partial charge in [0.1, 0.15) is 10.6 Å². The van der Waals surface area contributed by atoms with Crippen LogP contribution in [0.25, 0.3) is 0 Å². The van der Waals surface area contributed by atoms with Crippen molar-refractivity contribution in [2.75, 3.05) is 26.5 Å². The van der Waals surface area contributed by atoms with Crippen LogP contribution in [-0.2, 0) is 10.0 Å². The fourth-order valence-electron chi connectivity index (χ4n) is 2.69. The van der Waals surface area contributed by atoms with Gasteiger partial charge in [0.05, 0.1) is 12.8 Å². The molecule has 1 amide bonds. The molecule has 0 saturated heterocycles. The zero-order chi connectivity index (χ0) is 21.7. The number of para-hydroxylation sites is 1. The molecule has 0 radical (unpaired) electrons. The summed E-state index contributed by atoms with van der Waals surface area (Å²) in [5.41, 5.74) is 0.861. The predicted molar refractivity (Wildman–Crippen MR) is 119 cm³/mol. The predicted octanol–water partition coefficient (Wildman–Crippen LogP) is 4.35. The lowest BCUT2D eigenvalue weighted by molar-refractivity contribution is 0.102. The molecule has 0 aliphatic carbocycles. The van der Waals surface area contributed by atoms with Gasteiger partial charge in [-0.15, -0.1) is 0 Å². The Labute approximate surface area is 180 Å². The van der Waals surface area contributed by atoms with Crippen LogP contribution >= 0.6 is 11.8 Å². The zero-order valence-corrected chi connectivity index (χ0v) is 18.5. The van der Waals surface area contributed by atoms with Crippen molar-refractivity contribution in [2.24, 2.45) is 0 Å². The maximum atomic E-state index is 12.9. The number of sulfonamides is 1. The minimum absolute atomic E-state index is 0.0606. The summed E-state index contributed by atoms with van der Waals surface area (Å²) in [5, 5.41) is 2.88. The Morgan fingerprint density at radius 3 is 2.30 bits per heavy atom. The van der Waals surface area contributed by atoms with Crippen molar-refractivity contribution in [1.82, 2.24) is 4.31 Å². The second-order valence-corrected chi connectivity index (χ2v) is 9.75. The Balaban J connectivity index is 1.90. The first-order valence-electron chi connectivity index (χ1n) is 9.07. The largest absolute Gasteiger partial charge is 0.495 e. The number of carbonyl (C=O) groups is 1. The molecule has 30 heavy (non-hydrogen) atoms. The summed E-state index contributed by atoms with van der Waals surface area (Å²) >= 11 is 1.53. The third-order valence-electron chi connectivity index (χ3n) is 4.29. The average Bonchev–Trinajstić information content (AvgIpc) is 2.75. The Hall–Kier alpha value is -2.81. The molecule has 0 heterocycles. The SMILES string of the molecule is COc1ccc(C(=O)Nc2ccccc2Sc2ccccc2)cc1S(=O)(=O)N(C)C. The van der Waals surface area contributed by atoms with Crippen LogP contribution in [0, 0.1) is 0 Å². The third kappa shape index (κ3) is 4.84. The molecular weight excluding hydrogens is 420 g/mol. The molecule has 0 spiro atoms. The van der Waals surface area contributed by atoms with Crippen LogP contribution in [0.2, 0.25) is 0 Å². The van der Waals surface area contributed by atoms with Crippen LogP contribution in [-0.4, -0.2) is 39.8 Å². The van der Waals surface area contributed by atoms with Gasteiger partial charge in [-0.05, 0) is 42.5 Å². The number of anilines is 1. The van der Waals surface area contributed by atoms with Crippen molar-refractivity contribution in [3.05, 3.63) is 78.4 Å². The van der Waals surface area contributed by atoms with E-state index in [-0.39, 0.29) is 16.2 Å². The minimum atomic E-state index is -3.77. The highest BCUT2D eigenvalue weighted by Crippen LogP contribution is 2.34. The van der Waals surface area contributed by atoms with Crippen molar-refractivity contribution in [2.45, 2.75) is 14.7 Å². The number of amides is 1. The van der Waals surface area contributed by atoms with E-state index in [9.17, 15) is 13.2 Å². The second kappa shape index (κ2) is 9.34. The topological polar surface area (TPSA) is 75.7 Å². The van der Waals surface area contributed by atoms with E-state index >= 15 is 0 Å². The lowest BCUT2D eigenvalue weighted by Crippen LogP contribution is -2.23. The van der Waals surface area contributed by atoms with Crippen LogP contribution in [0.4, 0.5) is 5.69 Å². The number of carbonyl (C=O) groups excluding carboxylic acids is 1. The first-order chi connectivity index (χ1) is 14.3. The number of hydrogen-bond donors (Lipinski definition) is 1. The molecule has 0 aliphatic heterocycles. The number of ether oxygens (including phenoxy) is 1. The van der Waals surface area contributed by atoms with Crippen LogP contribution in [0.15, 0.2) is 87.5 Å². The van der Waals surface area contributed by atoms with Crippen LogP contribution in [0.5, 0.6) is 5.75 Å². The molecule has 0 fully saturated rings. The highest BCUT2D eigenvalue weighted by Gasteiger charge is 2.24. The summed E-state index contributed by atoms with van der Waals surface area (Å²) in [5.74, 6) is -0.228. The maximum absolute atomic E-state index is 12.9. The molecule has 3 aromatic rings. The quantitative estimate of drug-likeness (QED) is 0.589. The van der Waals surface area contributed by atoms with Gasteiger partial charge in [-0.3, -0.25) is 4.79 Å². The van der Waals surface area contributed by atoms with E-state index in [1.54, 1.807) is 0 Å². The van der Waals surface area contributed by atoms with E-state index in [2.05, 4.69) is 5.32 Å². The molecule has 0 aliphatic rings. The van der Waals surface area contributed by atoms with E-state index in [0.717, 1.165) is 14.1 Å². The molecule has 6 nitrogen and oxygen atoms in total. The molecule has 8 heteroatoms. The van der Waals surface area contributed by atoms with Crippen LogP contribution in [0.3, 0.4) is 0 Å². The smallest absolute Gasteiger partial charge is 0.255 e. The van der Waals surface area contributed by atoms with Crippen molar-refractivity contribution in [1.29, 1.82) is 0 Å². The first kappa shape index (κ1) is 21.9. The number of methoxy groups -OCH3 is 1. The van der Waals surface area contributed by atoms with Gasteiger partial charge in [-0.2, -0.15) is 0 Å². The van der Waals surface area contributed by atoms with Gasteiger partial charge in [0.25, 0.3) is 5.91 Å². The van der Waals surface area contributed by atoms with Gasteiger partial charge in [0.2, 0.25) is 10.0 Å². The summed E-state index contributed by atoms with van der Waals surface area (Å²) in [4.78, 5) is 14.8. The van der Waals surface area contributed by atoms with Gasteiger partial charge in [0, 0.05) is 29.4 Å². The molecule has 0 bridgehead atoms. The third-order valence-corrected chi connectivity index (χ3v) is 7.21. The Kier molecular flexibility index (Phi) is 6.81. The van der Waals surface area contributed by atoms with Crippen molar-refractivity contribution in [3.63, 3.8) is 0 Å². The molecule has 0 aromatic heterocycles. The van der Waals surface area contributed by atoms with Crippen molar-refractivity contribution >= 4 is 33.4 Å². The highest BCUT2D eigenvalue weighted by molar-refractivity contribution is 7.99. The monoisotopic (exact) mass is 442 g/mol. The van der Waals surface area contributed by atoms with Gasteiger partial charge >= 0.3 is 0 Å². The molecule has 3 aromatic carbocycles. The standard InChI is InChI=1S/C22H22N2O4S2/c1-24(2)30(26,27)21-15-16(13-14-19(21)28-3)22(25)23-18-11-7-8-12-20(18)29-17-9-5-4-6-10-17/h4-15H,1-3H3,(H,23,25). The summed E-state index contributed by atoms with van der Waals surface area (Å²) in [6.45, 7) is 0.